The molecular formula is C8H15FN4. The van der Waals surface area contributed by atoms with Crippen LogP contribution in [-0.2, 0) is 13.0 Å². The molecule has 4 nitrogen and oxygen atoms in total. The molecule has 0 fully saturated rings. The monoisotopic (exact) mass is 186 g/mol. The average molecular weight is 186 g/mol. The summed E-state index contributed by atoms with van der Waals surface area (Å²) in [7, 11) is 0. The summed E-state index contributed by atoms with van der Waals surface area (Å²) in [6.45, 7) is 0.960. The lowest BCUT2D eigenvalue weighted by atomic mass is 10.2. The van der Waals surface area contributed by atoms with Crippen molar-refractivity contribution in [1.29, 1.82) is 0 Å². The van der Waals surface area contributed by atoms with Crippen LogP contribution in [0, 0.1) is 0 Å². The molecular weight excluding hydrogens is 171 g/mol. The van der Waals surface area contributed by atoms with Gasteiger partial charge in [-0.2, -0.15) is 0 Å². The van der Waals surface area contributed by atoms with Gasteiger partial charge in [-0.3, -0.25) is 9.07 Å². The summed E-state index contributed by atoms with van der Waals surface area (Å²) >= 11 is 0. The molecule has 1 rings (SSSR count). The van der Waals surface area contributed by atoms with Crippen LogP contribution in [0.25, 0.3) is 0 Å². The summed E-state index contributed by atoms with van der Waals surface area (Å²) in [6, 6.07) is 0. The molecule has 0 aliphatic carbocycles. The van der Waals surface area contributed by atoms with E-state index < -0.39 is 0 Å². The summed E-state index contributed by atoms with van der Waals surface area (Å²) in [5, 5.41) is 7.81. The molecule has 0 saturated carbocycles. The molecule has 74 valence electrons. The molecule has 0 aliphatic rings. The van der Waals surface area contributed by atoms with E-state index in [2.05, 4.69) is 10.3 Å². The molecule has 0 spiro atoms. The first-order chi connectivity index (χ1) is 6.36. The van der Waals surface area contributed by atoms with Crippen LogP contribution in [0.3, 0.4) is 0 Å². The van der Waals surface area contributed by atoms with E-state index in [9.17, 15) is 4.39 Å². The Morgan fingerprint density at radius 2 is 2.31 bits per heavy atom. The van der Waals surface area contributed by atoms with Crippen molar-refractivity contribution < 1.29 is 4.39 Å². The van der Waals surface area contributed by atoms with Gasteiger partial charge in [-0.25, -0.2) is 0 Å². The standard InChI is InChI=1S/C8H15FN4/c9-4-2-6-13-7-8(11-12-13)3-1-5-10/h7H,1-6,10H2. The normalized spacial score (nSPS) is 10.6. The zero-order valence-electron chi connectivity index (χ0n) is 7.62. The molecule has 13 heavy (non-hydrogen) atoms. The first kappa shape index (κ1) is 10.1. The number of halogens is 1. The third kappa shape index (κ3) is 3.50. The van der Waals surface area contributed by atoms with E-state index in [4.69, 9.17) is 5.73 Å². The van der Waals surface area contributed by atoms with Crippen LogP contribution in [0.4, 0.5) is 4.39 Å². The Kier molecular flexibility index (Phi) is 4.39. The van der Waals surface area contributed by atoms with Crippen molar-refractivity contribution in [2.45, 2.75) is 25.8 Å². The van der Waals surface area contributed by atoms with Crippen molar-refractivity contribution in [2.75, 3.05) is 13.2 Å². The van der Waals surface area contributed by atoms with Crippen molar-refractivity contribution in [2.24, 2.45) is 5.73 Å². The maximum absolute atomic E-state index is 11.8. The predicted octanol–water partition coefficient (Wildman–Crippen LogP) is 0.529. The fourth-order valence-electron chi connectivity index (χ4n) is 1.07. The van der Waals surface area contributed by atoms with Gasteiger partial charge in [-0.1, -0.05) is 5.21 Å². The quantitative estimate of drug-likeness (QED) is 0.705. The molecule has 0 saturated heterocycles. The number of hydrogen-bond acceptors (Lipinski definition) is 3. The lowest BCUT2D eigenvalue weighted by Gasteiger charge is -1.94. The zero-order valence-corrected chi connectivity index (χ0v) is 7.62. The van der Waals surface area contributed by atoms with Gasteiger partial charge in [0.05, 0.1) is 12.4 Å². The van der Waals surface area contributed by atoms with E-state index in [1.54, 1.807) is 4.68 Å². The number of aryl methyl sites for hydroxylation is 2. The van der Waals surface area contributed by atoms with Gasteiger partial charge in [0.15, 0.2) is 0 Å². The van der Waals surface area contributed by atoms with E-state index in [0.29, 0.717) is 19.5 Å². The molecule has 0 bridgehead atoms. The zero-order chi connectivity index (χ0) is 9.52. The summed E-state index contributed by atoms with van der Waals surface area (Å²) < 4.78 is 13.5. The second-order valence-electron chi connectivity index (χ2n) is 2.91. The minimum absolute atomic E-state index is 0.308. The van der Waals surface area contributed by atoms with Crippen molar-refractivity contribution in [3.8, 4) is 0 Å². The molecule has 1 heterocycles. The molecule has 0 unspecified atom stereocenters. The molecule has 5 heteroatoms. The van der Waals surface area contributed by atoms with E-state index in [1.165, 1.54) is 0 Å². The Labute approximate surface area is 76.9 Å². The molecule has 0 amide bonds. The highest BCUT2D eigenvalue weighted by Gasteiger charge is 1.99. The first-order valence-corrected chi connectivity index (χ1v) is 4.52. The third-order valence-electron chi connectivity index (χ3n) is 1.74. The Hall–Kier alpha value is -0.970. The maximum atomic E-state index is 11.8. The Balaban J connectivity index is 2.34. The summed E-state index contributed by atoms with van der Waals surface area (Å²) in [5.74, 6) is 0. The number of hydrogen-bond donors (Lipinski definition) is 1. The van der Waals surface area contributed by atoms with Crippen LogP contribution < -0.4 is 5.73 Å². The summed E-state index contributed by atoms with van der Waals surface area (Å²) in [5.41, 5.74) is 6.29. The number of aromatic nitrogens is 3. The molecule has 0 aromatic carbocycles. The van der Waals surface area contributed by atoms with Crippen LogP contribution in [0.1, 0.15) is 18.5 Å². The van der Waals surface area contributed by atoms with E-state index in [-0.39, 0.29) is 6.67 Å². The predicted molar refractivity (Wildman–Crippen MR) is 48.0 cm³/mol. The Bertz CT molecular complexity index is 213. The molecule has 2 N–H and O–H groups in total. The van der Waals surface area contributed by atoms with Gasteiger partial charge in [-0.05, 0) is 25.8 Å². The highest BCUT2D eigenvalue weighted by Crippen LogP contribution is 1.98. The first-order valence-electron chi connectivity index (χ1n) is 4.52. The largest absolute Gasteiger partial charge is 0.330 e. The molecule has 1 aromatic rings. The fourth-order valence-corrected chi connectivity index (χ4v) is 1.07. The number of nitrogens with zero attached hydrogens (tertiary/aromatic N) is 3. The summed E-state index contributed by atoms with van der Waals surface area (Å²) in [4.78, 5) is 0. The fraction of sp³-hybridized carbons (Fsp3) is 0.750. The van der Waals surface area contributed by atoms with Crippen LogP contribution in [-0.4, -0.2) is 28.2 Å². The van der Waals surface area contributed by atoms with Gasteiger partial charge in [0.25, 0.3) is 0 Å². The molecule has 1 aromatic heterocycles. The number of nitrogens with two attached hydrogens (primary N) is 1. The van der Waals surface area contributed by atoms with Crippen molar-refractivity contribution in [3.63, 3.8) is 0 Å². The Morgan fingerprint density at radius 3 is 3.00 bits per heavy atom. The second-order valence-corrected chi connectivity index (χ2v) is 2.91. The second kappa shape index (κ2) is 5.64. The van der Waals surface area contributed by atoms with Crippen LogP contribution in [0.2, 0.25) is 0 Å². The van der Waals surface area contributed by atoms with Gasteiger partial charge in [0.1, 0.15) is 0 Å². The van der Waals surface area contributed by atoms with Crippen LogP contribution in [0.5, 0.6) is 0 Å². The molecule has 0 aliphatic heterocycles. The van der Waals surface area contributed by atoms with Gasteiger partial charge >= 0.3 is 0 Å². The van der Waals surface area contributed by atoms with Gasteiger partial charge < -0.3 is 5.73 Å². The SMILES string of the molecule is NCCCc1cn(CCCF)nn1. The lowest BCUT2D eigenvalue weighted by Crippen LogP contribution is -2.00. The van der Waals surface area contributed by atoms with Crippen molar-refractivity contribution >= 4 is 0 Å². The number of rotatable bonds is 6. The van der Waals surface area contributed by atoms with E-state index in [1.807, 2.05) is 6.20 Å². The van der Waals surface area contributed by atoms with E-state index in [0.717, 1.165) is 18.5 Å². The topological polar surface area (TPSA) is 56.7 Å². The highest BCUT2D eigenvalue weighted by atomic mass is 19.1. The van der Waals surface area contributed by atoms with Gasteiger partial charge in [0.2, 0.25) is 0 Å². The number of alkyl halides is 1. The maximum Gasteiger partial charge on any atom is 0.0912 e. The third-order valence-corrected chi connectivity index (χ3v) is 1.74. The smallest absolute Gasteiger partial charge is 0.0912 e. The van der Waals surface area contributed by atoms with Crippen LogP contribution >= 0.6 is 0 Å². The molecule has 0 radical (unpaired) electrons. The van der Waals surface area contributed by atoms with Crippen molar-refractivity contribution in [3.05, 3.63) is 11.9 Å². The summed E-state index contributed by atoms with van der Waals surface area (Å²) in [6.07, 6.45) is 4.12. The van der Waals surface area contributed by atoms with Crippen LogP contribution in [0.15, 0.2) is 6.20 Å². The minimum Gasteiger partial charge on any atom is -0.330 e. The van der Waals surface area contributed by atoms with Crippen molar-refractivity contribution in [1.82, 2.24) is 15.0 Å². The van der Waals surface area contributed by atoms with Gasteiger partial charge in [-0.15, -0.1) is 5.10 Å². The molecule has 0 atom stereocenters. The highest BCUT2D eigenvalue weighted by molar-refractivity contribution is 4.92. The lowest BCUT2D eigenvalue weighted by molar-refractivity contribution is 0.431. The van der Waals surface area contributed by atoms with E-state index >= 15 is 0 Å². The minimum atomic E-state index is -0.308. The average Bonchev–Trinajstić information content (AvgIpc) is 2.59. The Morgan fingerprint density at radius 1 is 1.46 bits per heavy atom. The van der Waals surface area contributed by atoms with Gasteiger partial charge in [0, 0.05) is 12.7 Å².